The first-order chi connectivity index (χ1) is 22.9. The number of halogens is 1. The molecule has 0 fully saturated rings. The van der Waals surface area contributed by atoms with E-state index < -0.39 is 12.0 Å². The standard InChI is InChI=1S/C39H30BrN3O3S/c1-3-46-38(45)34-25(2)41-39-43(36(34)28-17-11-6-12-18-28)37(44)33(47-39)24-29-23-32(26-13-7-4-8-14-26)42(31-21-19-30(40)20-22-31)35(29)27-15-9-5-10-16-27/h4-24,36H,3H2,1-2H3/b33-24-/t36-/m0/s1. The minimum atomic E-state index is -0.658. The van der Waals surface area contributed by atoms with Gasteiger partial charge in [0.25, 0.3) is 5.56 Å². The van der Waals surface area contributed by atoms with Crippen molar-refractivity contribution >= 4 is 39.3 Å². The lowest BCUT2D eigenvalue weighted by molar-refractivity contribution is -0.139. The molecule has 0 aliphatic carbocycles. The fourth-order valence-corrected chi connectivity index (χ4v) is 7.40. The van der Waals surface area contributed by atoms with Crippen LogP contribution < -0.4 is 14.9 Å². The molecule has 3 heterocycles. The van der Waals surface area contributed by atoms with Gasteiger partial charge in [0.15, 0.2) is 4.80 Å². The van der Waals surface area contributed by atoms with E-state index >= 15 is 0 Å². The zero-order valence-electron chi connectivity index (χ0n) is 25.8. The third-order valence-electron chi connectivity index (χ3n) is 8.15. The maximum absolute atomic E-state index is 14.4. The van der Waals surface area contributed by atoms with Crippen LogP contribution in [0.1, 0.15) is 31.0 Å². The number of rotatable bonds is 7. The summed E-state index contributed by atoms with van der Waals surface area (Å²) in [6.07, 6.45) is 1.96. The number of thiazole rings is 1. The summed E-state index contributed by atoms with van der Waals surface area (Å²) in [4.78, 5) is 33.0. The van der Waals surface area contributed by atoms with E-state index in [1.165, 1.54) is 11.3 Å². The third-order valence-corrected chi connectivity index (χ3v) is 9.66. The summed E-state index contributed by atoms with van der Waals surface area (Å²) in [6, 6.07) is 39.8. The molecule has 232 valence electrons. The Labute approximate surface area is 284 Å². The van der Waals surface area contributed by atoms with Gasteiger partial charge in [-0.3, -0.25) is 9.36 Å². The zero-order valence-corrected chi connectivity index (χ0v) is 28.2. The average Bonchev–Trinajstić information content (AvgIpc) is 3.62. The molecule has 0 amide bonds. The van der Waals surface area contributed by atoms with Gasteiger partial charge in [-0.15, -0.1) is 0 Å². The van der Waals surface area contributed by atoms with Crippen LogP contribution in [0, 0.1) is 0 Å². The molecular weight excluding hydrogens is 670 g/mol. The highest BCUT2D eigenvalue weighted by atomic mass is 79.9. The predicted molar refractivity (Wildman–Crippen MR) is 191 cm³/mol. The van der Waals surface area contributed by atoms with Crippen LogP contribution in [0.3, 0.4) is 0 Å². The van der Waals surface area contributed by atoms with Crippen molar-refractivity contribution in [1.29, 1.82) is 0 Å². The van der Waals surface area contributed by atoms with Gasteiger partial charge in [-0.25, -0.2) is 9.79 Å². The van der Waals surface area contributed by atoms with E-state index in [0.717, 1.165) is 43.8 Å². The van der Waals surface area contributed by atoms with Crippen molar-refractivity contribution in [3.63, 3.8) is 0 Å². The van der Waals surface area contributed by atoms with Crippen LogP contribution >= 0.6 is 27.3 Å². The lowest BCUT2D eigenvalue weighted by Gasteiger charge is -2.24. The van der Waals surface area contributed by atoms with Gasteiger partial charge in [0, 0.05) is 15.7 Å². The van der Waals surface area contributed by atoms with Crippen LogP contribution in [0.25, 0.3) is 34.3 Å². The first kappa shape index (κ1) is 30.6. The Hall–Kier alpha value is -5.05. The number of carbonyl (C=O) groups excluding carboxylic acids is 1. The van der Waals surface area contributed by atoms with Gasteiger partial charge in [-0.1, -0.05) is 118 Å². The van der Waals surface area contributed by atoms with Crippen LogP contribution in [0.2, 0.25) is 0 Å². The van der Waals surface area contributed by atoms with E-state index in [4.69, 9.17) is 9.73 Å². The topological polar surface area (TPSA) is 65.6 Å². The molecule has 8 heteroatoms. The minimum Gasteiger partial charge on any atom is -0.463 e. The lowest BCUT2D eigenvalue weighted by Crippen LogP contribution is -2.39. The molecule has 0 saturated heterocycles. The molecule has 1 aliphatic rings. The molecular formula is C39H30BrN3O3S. The highest BCUT2D eigenvalue weighted by Crippen LogP contribution is 2.37. The van der Waals surface area contributed by atoms with Gasteiger partial charge in [0.1, 0.15) is 0 Å². The molecule has 47 heavy (non-hydrogen) atoms. The third kappa shape index (κ3) is 5.75. The Balaban J connectivity index is 1.51. The molecule has 1 atom stereocenters. The summed E-state index contributed by atoms with van der Waals surface area (Å²) >= 11 is 4.91. The van der Waals surface area contributed by atoms with E-state index in [1.54, 1.807) is 18.4 Å². The minimum absolute atomic E-state index is 0.214. The average molecular weight is 701 g/mol. The number of nitrogens with zero attached hydrogens (tertiary/aromatic N) is 3. The number of esters is 1. The molecule has 4 aromatic carbocycles. The van der Waals surface area contributed by atoms with Gasteiger partial charge in [0.05, 0.1) is 39.8 Å². The summed E-state index contributed by atoms with van der Waals surface area (Å²) in [5.74, 6) is -0.470. The summed E-state index contributed by atoms with van der Waals surface area (Å²) in [5, 5.41) is 0. The van der Waals surface area contributed by atoms with Gasteiger partial charge < -0.3 is 9.30 Å². The molecule has 0 N–H and O–H groups in total. The molecule has 0 unspecified atom stereocenters. The van der Waals surface area contributed by atoms with E-state index in [9.17, 15) is 9.59 Å². The van der Waals surface area contributed by atoms with E-state index in [1.807, 2.05) is 84.9 Å². The van der Waals surface area contributed by atoms with Crippen molar-refractivity contribution in [3.8, 4) is 28.2 Å². The first-order valence-electron chi connectivity index (χ1n) is 15.3. The van der Waals surface area contributed by atoms with Crippen molar-refractivity contribution < 1.29 is 9.53 Å². The van der Waals surface area contributed by atoms with Gasteiger partial charge >= 0.3 is 5.97 Å². The Bertz CT molecular complexity index is 2300. The van der Waals surface area contributed by atoms with Crippen LogP contribution in [0.4, 0.5) is 0 Å². The highest BCUT2D eigenvalue weighted by molar-refractivity contribution is 9.10. The molecule has 7 rings (SSSR count). The summed E-state index contributed by atoms with van der Waals surface area (Å²) in [6.45, 7) is 3.80. The summed E-state index contributed by atoms with van der Waals surface area (Å²) < 4.78 is 10.8. The smallest absolute Gasteiger partial charge is 0.338 e. The van der Waals surface area contributed by atoms with Crippen molar-refractivity contribution in [3.05, 3.63) is 168 Å². The normalized spacial score (nSPS) is 14.5. The molecule has 6 nitrogen and oxygen atoms in total. The second kappa shape index (κ2) is 13.0. The van der Waals surface area contributed by atoms with Crippen molar-refractivity contribution in [2.45, 2.75) is 19.9 Å². The molecule has 0 spiro atoms. The first-order valence-corrected chi connectivity index (χ1v) is 16.9. The number of benzene rings is 4. The van der Waals surface area contributed by atoms with Gasteiger partial charge in [-0.2, -0.15) is 0 Å². The van der Waals surface area contributed by atoms with Crippen molar-refractivity contribution in [1.82, 2.24) is 9.13 Å². The molecule has 0 radical (unpaired) electrons. The van der Waals surface area contributed by atoms with Gasteiger partial charge in [-0.05, 0) is 66.9 Å². The van der Waals surface area contributed by atoms with Crippen LogP contribution in [0.15, 0.2) is 147 Å². The number of ether oxygens (including phenoxy) is 1. The monoisotopic (exact) mass is 699 g/mol. The Morgan fingerprint density at radius 2 is 1.51 bits per heavy atom. The number of hydrogen-bond donors (Lipinski definition) is 0. The number of aromatic nitrogens is 2. The quantitative estimate of drug-likeness (QED) is 0.161. The fraction of sp³-hybridized carbons (Fsp3) is 0.103. The number of fused-ring (bicyclic) bond motifs is 1. The Kier molecular flexibility index (Phi) is 8.45. The number of carbonyl (C=O) groups is 1. The Morgan fingerprint density at radius 3 is 2.15 bits per heavy atom. The molecule has 0 bridgehead atoms. The van der Waals surface area contributed by atoms with Crippen LogP contribution in [0.5, 0.6) is 0 Å². The molecule has 0 saturated carbocycles. The molecule has 1 aliphatic heterocycles. The second-order valence-electron chi connectivity index (χ2n) is 11.1. The van der Waals surface area contributed by atoms with Crippen molar-refractivity contribution in [2.24, 2.45) is 4.99 Å². The van der Waals surface area contributed by atoms with Crippen LogP contribution in [-0.4, -0.2) is 21.7 Å². The second-order valence-corrected chi connectivity index (χ2v) is 13.0. The van der Waals surface area contributed by atoms with Crippen molar-refractivity contribution in [2.75, 3.05) is 6.61 Å². The largest absolute Gasteiger partial charge is 0.463 e. The maximum Gasteiger partial charge on any atom is 0.338 e. The molecule has 6 aromatic rings. The number of hydrogen-bond acceptors (Lipinski definition) is 5. The van der Waals surface area contributed by atoms with Crippen LogP contribution in [-0.2, 0) is 9.53 Å². The lowest BCUT2D eigenvalue weighted by atomic mass is 9.96. The zero-order chi connectivity index (χ0) is 32.5. The fourth-order valence-electron chi connectivity index (χ4n) is 6.09. The SMILES string of the molecule is CCOC(=O)C1=C(C)N=c2s/c(=C\c3cc(-c4ccccc4)n(-c4ccc(Br)cc4)c3-c3ccccc3)c(=O)n2[C@H]1c1ccccc1. The Morgan fingerprint density at radius 1 is 0.894 bits per heavy atom. The maximum atomic E-state index is 14.4. The summed E-state index contributed by atoms with van der Waals surface area (Å²) in [7, 11) is 0. The number of allylic oxidation sites excluding steroid dienone is 1. The van der Waals surface area contributed by atoms with E-state index in [0.29, 0.717) is 20.6 Å². The van der Waals surface area contributed by atoms with E-state index in [-0.39, 0.29) is 12.2 Å². The predicted octanol–water partition coefficient (Wildman–Crippen LogP) is 7.69. The van der Waals surface area contributed by atoms with E-state index in [2.05, 4.69) is 63.0 Å². The highest BCUT2D eigenvalue weighted by Gasteiger charge is 2.33. The van der Waals surface area contributed by atoms with Gasteiger partial charge in [0.2, 0.25) is 0 Å². The molecule has 2 aromatic heterocycles. The summed E-state index contributed by atoms with van der Waals surface area (Å²) in [5.41, 5.74) is 7.41.